The number of nitrogens with zero attached hydrogens (tertiary/aromatic N) is 2. The lowest BCUT2D eigenvalue weighted by Gasteiger charge is -2.18. The number of hydrogen-bond acceptors (Lipinski definition) is 4. The van der Waals surface area contributed by atoms with Crippen LogP contribution in [0.25, 0.3) is 0 Å². The minimum absolute atomic E-state index is 0.113. The van der Waals surface area contributed by atoms with Gasteiger partial charge in [-0.25, -0.2) is 4.57 Å². The number of hydrogen-bond donors (Lipinski definition) is 2. The first kappa shape index (κ1) is 15.2. The molecule has 7 nitrogen and oxygen atoms in total. The SMILES string of the molecule is CC(C)CC(CN)NC(=O)c1ccc([N+](=O)[O-])n1C. The first-order valence-electron chi connectivity index (χ1n) is 6.17. The molecule has 0 aliphatic rings. The summed E-state index contributed by atoms with van der Waals surface area (Å²) in [5.74, 6) is -0.0402. The van der Waals surface area contributed by atoms with E-state index in [1.54, 1.807) is 0 Å². The second-order valence-corrected chi connectivity index (χ2v) is 4.93. The lowest BCUT2D eigenvalue weighted by atomic mass is 10.0. The highest BCUT2D eigenvalue weighted by atomic mass is 16.6. The molecule has 1 atom stereocenters. The molecule has 1 aromatic heterocycles. The van der Waals surface area contributed by atoms with Gasteiger partial charge in [0.05, 0.1) is 7.05 Å². The standard InChI is InChI=1S/C12H20N4O3/c1-8(2)6-9(7-13)14-12(17)10-4-5-11(15(10)3)16(18)19/h4-5,8-9H,6-7,13H2,1-3H3,(H,14,17). The molecule has 1 aromatic rings. The van der Waals surface area contributed by atoms with E-state index in [9.17, 15) is 14.9 Å². The molecule has 7 heteroatoms. The maximum absolute atomic E-state index is 12.0. The summed E-state index contributed by atoms with van der Waals surface area (Å²) in [5, 5.41) is 13.5. The molecule has 0 saturated heterocycles. The fourth-order valence-electron chi connectivity index (χ4n) is 1.95. The third-order valence-electron chi connectivity index (χ3n) is 2.89. The number of amides is 1. The predicted octanol–water partition coefficient (Wildman–Crippen LogP) is 1.04. The Balaban J connectivity index is 2.80. The zero-order chi connectivity index (χ0) is 14.6. The number of nitro groups is 1. The molecule has 0 aliphatic heterocycles. The normalized spacial score (nSPS) is 12.5. The topological polar surface area (TPSA) is 103 Å². The van der Waals surface area contributed by atoms with Crippen molar-refractivity contribution in [1.29, 1.82) is 0 Å². The van der Waals surface area contributed by atoms with E-state index in [2.05, 4.69) is 5.32 Å². The van der Waals surface area contributed by atoms with Crippen LogP contribution in [0.3, 0.4) is 0 Å². The molecule has 3 N–H and O–H groups in total. The van der Waals surface area contributed by atoms with E-state index >= 15 is 0 Å². The maximum Gasteiger partial charge on any atom is 0.323 e. The fraction of sp³-hybridized carbons (Fsp3) is 0.583. The van der Waals surface area contributed by atoms with Crippen LogP contribution in [0.5, 0.6) is 0 Å². The molecule has 0 aromatic carbocycles. The molecule has 0 saturated carbocycles. The van der Waals surface area contributed by atoms with Crippen LogP contribution in [0.1, 0.15) is 30.8 Å². The zero-order valence-electron chi connectivity index (χ0n) is 11.4. The van der Waals surface area contributed by atoms with Gasteiger partial charge in [0, 0.05) is 18.7 Å². The number of rotatable bonds is 6. The van der Waals surface area contributed by atoms with Gasteiger partial charge in [-0.1, -0.05) is 13.8 Å². The van der Waals surface area contributed by atoms with Crippen LogP contribution in [0.2, 0.25) is 0 Å². The van der Waals surface area contributed by atoms with Gasteiger partial charge in [0.2, 0.25) is 0 Å². The number of nitrogens with two attached hydrogens (primary N) is 1. The quantitative estimate of drug-likeness (QED) is 0.594. The Morgan fingerprint density at radius 2 is 2.16 bits per heavy atom. The Kier molecular flexibility index (Phi) is 5.05. The Labute approximate surface area is 111 Å². The monoisotopic (exact) mass is 268 g/mol. The Bertz CT molecular complexity index is 468. The number of carbonyl (C=O) groups is 1. The van der Waals surface area contributed by atoms with Crippen LogP contribution in [0.15, 0.2) is 12.1 Å². The summed E-state index contributed by atoms with van der Waals surface area (Å²) in [4.78, 5) is 22.2. The second kappa shape index (κ2) is 6.33. The second-order valence-electron chi connectivity index (χ2n) is 4.93. The molecule has 106 valence electrons. The maximum atomic E-state index is 12.0. The van der Waals surface area contributed by atoms with Crippen molar-refractivity contribution in [2.45, 2.75) is 26.3 Å². The molecule has 1 heterocycles. The Morgan fingerprint density at radius 1 is 1.53 bits per heavy atom. The minimum atomic E-state index is -0.523. The van der Waals surface area contributed by atoms with Crippen LogP contribution in [0, 0.1) is 16.0 Å². The first-order chi connectivity index (χ1) is 8.86. The van der Waals surface area contributed by atoms with E-state index in [0.717, 1.165) is 6.42 Å². The van der Waals surface area contributed by atoms with Crippen molar-refractivity contribution in [3.05, 3.63) is 27.9 Å². The predicted molar refractivity (Wildman–Crippen MR) is 71.8 cm³/mol. The molecular formula is C12H20N4O3. The number of aromatic nitrogens is 1. The fourth-order valence-corrected chi connectivity index (χ4v) is 1.95. The molecule has 1 amide bonds. The zero-order valence-corrected chi connectivity index (χ0v) is 11.4. The molecule has 1 rings (SSSR count). The Morgan fingerprint density at radius 3 is 2.58 bits per heavy atom. The van der Waals surface area contributed by atoms with Gasteiger partial charge >= 0.3 is 5.82 Å². The van der Waals surface area contributed by atoms with E-state index < -0.39 is 4.92 Å². The van der Waals surface area contributed by atoms with Crippen LogP contribution < -0.4 is 11.1 Å². The lowest BCUT2D eigenvalue weighted by molar-refractivity contribution is -0.391. The summed E-state index contributed by atoms with van der Waals surface area (Å²) in [5.41, 5.74) is 5.87. The highest BCUT2D eigenvalue weighted by Crippen LogP contribution is 2.15. The first-order valence-corrected chi connectivity index (χ1v) is 6.17. The Hall–Kier alpha value is -1.89. The van der Waals surface area contributed by atoms with Gasteiger partial charge in [-0.2, -0.15) is 0 Å². The summed E-state index contributed by atoms with van der Waals surface area (Å²) in [7, 11) is 1.49. The van der Waals surface area contributed by atoms with Crippen molar-refractivity contribution in [2.75, 3.05) is 6.54 Å². The number of carbonyl (C=O) groups excluding carboxylic acids is 1. The van der Waals surface area contributed by atoms with Crippen LogP contribution >= 0.6 is 0 Å². The van der Waals surface area contributed by atoms with E-state index in [4.69, 9.17) is 5.73 Å². The molecule has 0 aliphatic carbocycles. The molecule has 0 spiro atoms. The smallest absolute Gasteiger partial charge is 0.323 e. The molecule has 1 unspecified atom stereocenters. The van der Waals surface area contributed by atoms with Crippen molar-refractivity contribution in [3.63, 3.8) is 0 Å². The van der Waals surface area contributed by atoms with E-state index in [0.29, 0.717) is 12.5 Å². The minimum Gasteiger partial charge on any atom is -0.358 e. The average molecular weight is 268 g/mol. The summed E-state index contributed by atoms with van der Waals surface area (Å²) in [6.07, 6.45) is 0.773. The molecule has 0 fully saturated rings. The van der Waals surface area contributed by atoms with Gasteiger partial charge in [0.25, 0.3) is 5.91 Å². The summed E-state index contributed by atoms with van der Waals surface area (Å²) in [6.45, 7) is 4.43. The van der Waals surface area contributed by atoms with Crippen molar-refractivity contribution >= 4 is 11.7 Å². The van der Waals surface area contributed by atoms with Crippen molar-refractivity contribution in [3.8, 4) is 0 Å². The summed E-state index contributed by atoms with van der Waals surface area (Å²) in [6, 6.07) is 2.63. The summed E-state index contributed by atoms with van der Waals surface area (Å²) < 4.78 is 1.26. The third-order valence-corrected chi connectivity index (χ3v) is 2.89. The van der Waals surface area contributed by atoms with Gasteiger partial charge in [-0.3, -0.25) is 4.79 Å². The van der Waals surface area contributed by atoms with Crippen molar-refractivity contribution < 1.29 is 9.72 Å². The average Bonchev–Trinajstić information content (AvgIpc) is 2.69. The highest BCUT2D eigenvalue weighted by Gasteiger charge is 2.22. The van der Waals surface area contributed by atoms with Gasteiger partial charge in [0.15, 0.2) is 5.69 Å². The largest absolute Gasteiger partial charge is 0.358 e. The van der Waals surface area contributed by atoms with E-state index in [-0.39, 0.29) is 23.5 Å². The number of nitrogens with one attached hydrogen (secondary N) is 1. The molecular weight excluding hydrogens is 248 g/mol. The van der Waals surface area contributed by atoms with Crippen molar-refractivity contribution in [2.24, 2.45) is 18.7 Å². The highest BCUT2D eigenvalue weighted by molar-refractivity contribution is 5.93. The van der Waals surface area contributed by atoms with Gasteiger partial charge in [-0.05, 0) is 23.3 Å². The summed E-state index contributed by atoms with van der Waals surface area (Å²) >= 11 is 0. The van der Waals surface area contributed by atoms with Crippen molar-refractivity contribution in [1.82, 2.24) is 9.88 Å². The third kappa shape index (κ3) is 3.78. The van der Waals surface area contributed by atoms with E-state index in [1.165, 1.54) is 23.7 Å². The molecule has 0 radical (unpaired) electrons. The van der Waals surface area contributed by atoms with Crippen LogP contribution in [-0.4, -0.2) is 28.0 Å². The van der Waals surface area contributed by atoms with Gasteiger partial charge < -0.3 is 21.2 Å². The molecule has 19 heavy (non-hydrogen) atoms. The van der Waals surface area contributed by atoms with Gasteiger partial charge in [-0.15, -0.1) is 0 Å². The van der Waals surface area contributed by atoms with Gasteiger partial charge in [0.1, 0.15) is 0 Å². The van der Waals surface area contributed by atoms with E-state index in [1.807, 2.05) is 13.8 Å². The van der Waals surface area contributed by atoms with Crippen LogP contribution in [-0.2, 0) is 7.05 Å². The lowest BCUT2D eigenvalue weighted by Crippen LogP contribution is -2.41. The molecule has 0 bridgehead atoms. The van der Waals surface area contributed by atoms with Crippen LogP contribution in [0.4, 0.5) is 5.82 Å².